The Hall–Kier alpha value is -2.50. The fourth-order valence-electron chi connectivity index (χ4n) is 3.31. The molecule has 0 fully saturated rings. The van der Waals surface area contributed by atoms with Crippen LogP contribution in [0.2, 0.25) is 10.0 Å². The first-order valence-corrected chi connectivity index (χ1v) is 13.8. The predicted octanol–water partition coefficient (Wildman–Crippen LogP) is 5.11. The first kappa shape index (κ1) is 30.7. The molecule has 0 heterocycles. The van der Waals surface area contributed by atoms with Gasteiger partial charge < -0.3 is 10.2 Å². The second kappa shape index (κ2) is 12.4. The zero-order chi connectivity index (χ0) is 28.1. The number of amides is 2. The molecule has 2 aromatic rings. The highest BCUT2D eigenvalue weighted by Gasteiger charge is 2.34. The Labute approximate surface area is 224 Å². The Bertz CT molecular complexity index is 1220. The second-order valence-corrected chi connectivity index (χ2v) is 11.3. The van der Waals surface area contributed by atoms with E-state index in [0.717, 1.165) is 17.2 Å². The van der Waals surface area contributed by atoms with Crippen LogP contribution in [0.1, 0.15) is 38.3 Å². The van der Waals surface area contributed by atoms with Crippen molar-refractivity contribution in [2.24, 2.45) is 0 Å². The fourth-order valence-corrected chi connectivity index (χ4v) is 4.56. The molecule has 0 saturated heterocycles. The minimum Gasteiger partial charge on any atom is -0.352 e. The quantitative estimate of drug-likeness (QED) is 0.422. The van der Waals surface area contributed by atoms with Gasteiger partial charge in [-0.15, -0.1) is 0 Å². The van der Waals surface area contributed by atoms with Gasteiger partial charge in [0.15, 0.2) is 0 Å². The van der Waals surface area contributed by atoms with Crippen LogP contribution in [-0.4, -0.2) is 50.0 Å². The first-order chi connectivity index (χ1) is 17.0. The van der Waals surface area contributed by atoms with Crippen LogP contribution in [-0.2, 0) is 32.3 Å². The van der Waals surface area contributed by atoms with Crippen molar-refractivity contribution < 1.29 is 31.2 Å². The summed E-state index contributed by atoms with van der Waals surface area (Å²) in [5.74, 6) is -1.29. The number of carbonyl (C=O) groups excluding carboxylic acids is 2. The molecule has 204 valence electrons. The molecule has 0 spiro atoms. The normalized spacial score (nSPS) is 13.5. The lowest BCUT2D eigenvalue weighted by atomic mass is 10.1. The molecule has 13 heteroatoms. The topological polar surface area (TPSA) is 86.8 Å². The van der Waals surface area contributed by atoms with Gasteiger partial charge in [0.2, 0.25) is 21.8 Å². The Morgan fingerprint density at radius 3 is 2.16 bits per heavy atom. The van der Waals surface area contributed by atoms with Crippen LogP contribution in [0, 0.1) is 0 Å². The third-order valence-corrected chi connectivity index (χ3v) is 7.35. The van der Waals surface area contributed by atoms with Gasteiger partial charge in [-0.3, -0.25) is 13.9 Å². The lowest BCUT2D eigenvalue weighted by Gasteiger charge is -2.32. The van der Waals surface area contributed by atoms with Crippen LogP contribution >= 0.6 is 23.2 Å². The summed E-state index contributed by atoms with van der Waals surface area (Å²) >= 11 is 12.0. The summed E-state index contributed by atoms with van der Waals surface area (Å²) in [6.07, 6.45) is -3.38. The van der Waals surface area contributed by atoms with Crippen molar-refractivity contribution in [2.45, 2.75) is 52.0 Å². The van der Waals surface area contributed by atoms with Crippen molar-refractivity contribution >= 4 is 50.7 Å². The average Bonchev–Trinajstić information content (AvgIpc) is 2.80. The summed E-state index contributed by atoms with van der Waals surface area (Å²) < 4.78 is 65.6. The molecule has 0 radical (unpaired) electrons. The van der Waals surface area contributed by atoms with Crippen LogP contribution < -0.4 is 9.62 Å². The summed E-state index contributed by atoms with van der Waals surface area (Å²) in [5, 5.41) is 2.93. The number of nitrogens with zero attached hydrogens (tertiary/aromatic N) is 2. The molecule has 0 aliphatic carbocycles. The number of rotatable bonds is 10. The zero-order valence-electron chi connectivity index (χ0n) is 20.6. The number of nitrogens with one attached hydrogen (secondary N) is 1. The third-order valence-electron chi connectivity index (χ3n) is 5.66. The van der Waals surface area contributed by atoms with Gasteiger partial charge in [0, 0.05) is 17.6 Å². The summed E-state index contributed by atoms with van der Waals surface area (Å²) in [6, 6.07) is 7.44. The van der Waals surface area contributed by atoms with Crippen molar-refractivity contribution in [3.05, 3.63) is 63.6 Å². The first-order valence-electron chi connectivity index (χ1n) is 11.2. The standard InChI is InChI=1S/C24H28Cl2F3N3O4S/c1-5-15(2)30-23(34)16(3)31(13-17-6-9-19(25)10-7-17)22(33)14-32(37(4,35)36)21-12-18(24(27,28)29)8-11-20(21)26/h6-12,15-16H,5,13-14H2,1-4H3,(H,30,34)/t15-,16+/m0/s1. The van der Waals surface area contributed by atoms with Gasteiger partial charge in [0.1, 0.15) is 12.6 Å². The molecule has 0 bridgehead atoms. The Kier molecular flexibility index (Phi) is 10.3. The van der Waals surface area contributed by atoms with Gasteiger partial charge in [-0.05, 0) is 56.2 Å². The molecule has 0 saturated carbocycles. The zero-order valence-corrected chi connectivity index (χ0v) is 23.0. The van der Waals surface area contributed by atoms with Gasteiger partial charge in [-0.2, -0.15) is 13.2 Å². The molecule has 0 aliphatic heterocycles. The molecule has 0 aromatic heterocycles. The number of hydrogen-bond acceptors (Lipinski definition) is 4. The maximum atomic E-state index is 13.5. The van der Waals surface area contributed by atoms with Gasteiger partial charge in [-0.1, -0.05) is 42.3 Å². The van der Waals surface area contributed by atoms with E-state index in [0.29, 0.717) is 33.4 Å². The maximum absolute atomic E-state index is 13.5. The molecule has 0 aliphatic rings. The monoisotopic (exact) mass is 581 g/mol. The summed E-state index contributed by atoms with van der Waals surface area (Å²) in [6.45, 7) is 4.17. The number of carbonyl (C=O) groups is 2. The van der Waals surface area contributed by atoms with Crippen LogP contribution in [0.25, 0.3) is 0 Å². The molecule has 7 nitrogen and oxygen atoms in total. The average molecular weight is 582 g/mol. The minimum atomic E-state index is -4.77. The minimum absolute atomic E-state index is 0.0843. The SMILES string of the molecule is CC[C@H](C)NC(=O)[C@@H](C)N(Cc1ccc(Cl)cc1)C(=O)CN(c1cc(C(F)(F)F)ccc1Cl)S(C)(=O)=O. The van der Waals surface area contributed by atoms with E-state index >= 15 is 0 Å². The lowest BCUT2D eigenvalue weighted by molar-refractivity contribution is -0.139. The van der Waals surface area contributed by atoms with E-state index in [1.807, 2.05) is 6.92 Å². The van der Waals surface area contributed by atoms with Crippen molar-refractivity contribution in [1.29, 1.82) is 0 Å². The number of benzene rings is 2. The van der Waals surface area contributed by atoms with Crippen molar-refractivity contribution in [2.75, 3.05) is 17.1 Å². The van der Waals surface area contributed by atoms with Crippen LogP contribution in [0.5, 0.6) is 0 Å². The van der Waals surface area contributed by atoms with Gasteiger partial charge in [0.05, 0.1) is 22.5 Å². The van der Waals surface area contributed by atoms with E-state index in [1.54, 1.807) is 31.2 Å². The summed E-state index contributed by atoms with van der Waals surface area (Å²) in [4.78, 5) is 27.5. The third kappa shape index (κ3) is 8.51. The molecule has 2 aromatic carbocycles. The van der Waals surface area contributed by atoms with Gasteiger partial charge >= 0.3 is 6.18 Å². The van der Waals surface area contributed by atoms with Crippen LogP contribution in [0.4, 0.5) is 18.9 Å². The molecular weight excluding hydrogens is 554 g/mol. The highest BCUT2D eigenvalue weighted by atomic mass is 35.5. The van der Waals surface area contributed by atoms with Crippen LogP contribution in [0.3, 0.4) is 0 Å². The van der Waals surface area contributed by atoms with Crippen molar-refractivity contribution in [3.8, 4) is 0 Å². The molecule has 2 atom stereocenters. The molecule has 2 rings (SSSR count). The highest BCUT2D eigenvalue weighted by molar-refractivity contribution is 7.92. The van der Waals surface area contributed by atoms with E-state index in [1.165, 1.54) is 6.92 Å². The summed E-state index contributed by atoms with van der Waals surface area (Å²) in [7, 11) is -4.26. The van der Waals surface area contributed by atoms with Crippen LogP contribution in [0.15, 0.2) is 42.5 Å². The number of halogens is 5. The molecular formula is C24H28Cl2F3N3O4S. The van der Waals surface area contributed by atoms with Crippen molar-refractivity contribution in [1.82, 2.24) is 10.2 Å². The smallest absolute Gasteiger partial charge is 0.352 e. The van der Waals surface area contributed by atoms with E-state index in [4.69, 9.17) is 23.2 Å². The Morgan fingerprint density at radius 2 is 1.65 bits per heavy atom. The van der Waals surface area contributed by atoms with E-state index in [9.17, 15) is 31.2 Å². The number of hydrogen-bond donors (Lipinski definition) is 1. The lowest BCUT2D eigenvalue weighted by Crippen LogP contribution is -2.52. The molecule has 1 N–H and O–H groups in total. The highest BCUT2D eigenvalue weighted by Crippen LogP contribution is 2.36. The Morgan fingerprint density at radius 1 is 1.05 bits per heavy atom. The largest absolute Gasteiger partial charge is 0.416 e. The predicted molar refractivity (Wildman–Crippen MR) is 138 cm³/mol. The maximum Gasteiger partial charge on any atom is 0.416 e. The molecule has 0 unspecified atom stereocenters. The van der Waals surface area contributed by atoms with E-state index < -0.39 is 51.9 Å². The molecule has 37 heavy (non-hydrogen) atoms. The summed E-state index contributed by atoms with van der Waals surface area (Å²) in [5.41, 5.74) is -1.04. The van der Waals surface area contributed by atoms with Gasteiger partial charge in [0.25, 0.3) is 0 Å². The van der Waals surface area contributed by atoms with Gasteiger partial charge in [-0.25, -0.2) is 8.42 Å². The second-order valence-electron chi connectivity index (χ2n) is 8.58. The van der Waals surface area contributed by atoms with E-state index in [2.05, 4.69) is 5.32 Å². The van der Waals surface area contributed by atoms with E-state index in [-0.39, 0.29) is 17.6 Å². The fraction of sp³-hybridized carbons (Fsp3) is 0.417. The number of sulfonamides is 1. The Balaban J connectivity index is 2.49. The van der Waals surface area contributed by atoms with Crippen molar-refractivity contribution in [3.63, 3.8) is 0 Å². The molecule has 2 amide bonds. The number of alkyl halides is 3. The number of anilines is 1.